The van der Waals surface area contributed by atoms with E-state index in [1.54, 1.807) is 11.8 Å². The van der Waals surface area contributed by atoms with Crippen molar-refractivity contribution in [2.75, 3.05) is 26.8 Å². The molecular weight excluding hydrogens is 535 g/mol. The predicted octanol–water partition coefficient (Wildman–Crippen LogP) is 2.00. The Bertz CT molecular complexity index is 1320. The van der Waals surface area contributed by atoms with Crippen LogP contribution in [-0.2, 0) is 20.7 Å². The largest absolute Gasteiger partial charge is 0.394 e. The Hall–Kier alpha value is -3.33. The minimum Gasteiger partial charge on any atom is -0.394 e. The maximum Gasteiger partial charge on any atom is 0.219 e. The molecule has 0 saturated carbocycles. The molecule has 1 aromatic carbocycles. The van der Waals surface area contributed by atoms with Gasteiger partial charge in [0.25, 0.3) is 0 Å². The number of aliphatic hydroxyl groups excluding tert-OH is 2. The molecule has 0 spiro atoms. The molecule has 216 valence electrons. The fraction of sp³-hybridized carbons (Fsp3) is 0.538. The van der Waals surface area contributed by atoms with Crippen LogP contribution in [0.25, 0.3) is 11.3 Å². The molecule has 40 heavy (non-hydrogen) atoms. The topological polar surface area (TPSA) is 136 Å². The summed E-state index contributed by atoms with van der Waals surface area (Å²) in [5.74, 6) is -3.47. The molecule has 2 fully saturated rings. The number of hydrogen-bond donors (Lipinski definition) is 2. The van der Waals surface area contributed by atoms with Crippen molar-refractivity contribution in [1.29, 1.82) is 0 Å². The van der Waals surface area contributed by atoms with E-state index < -0.39 is 54.5 Å². The van der Waals surface area contributed by atoms with Gasteiger partial charge in [-0.2, -0.15) is 0 Å². The van der Waals surface area contributed by atoms with Gasteiger partial charge in [-0.1, -0.05) is 10.4 Å². The van der Waals surface area contributed by atoms with Crippen LogP contribution in [0.3, 0.4) is 0 Å². The third-order valence-electron chi connectivity index (χ3n) is 7.66. The molecule has 2 aromatic heterocycles. The summed E-state index contributed by atoms with van der Waals surface area (Å²) in [5.41, 5.74) is 0.581. The second-order valence-corrected chi connectivity index (χ2v) is 10.1. The Morgan fingerprint density at radius 3 is 2.48 bits per heavy atom. The molecule has 0 aliphatic carbocycles. The highest BCUT2D eigenvalue weighted by molar-refractivity contribution is 5.73. The maximum absolute atomic E-state index is 13.8. The Balaban J connectivity index is 1.35. The highest BCUT2D eigenvalue weighted by atomic mass is 19.2. The third kappa shape index (κ3) is 5.48. The molecule has 5 atom stereocenters. The smallest absolute Gasteiger partial charge is 0.219 e. The summed E-state index contributed by atoms with van der Waals surface area (Å²) in [6.07, 6.45) is -0.680. The van der Waals surface area contributed by atoms with E-state index in [1.807, 2.05) is 6.07 Å². The minimum atomic E-state index is -1.60. The molecule has 11 nitrogen and oxygen atoms in total. The second kappa shape index (κ2) is 11.6. The first-order valence-electron chi connectivity index (χ1n) is 12.9. The molecule has 14 heteroatoms. The number of amides is 1. The zero-order valence-electron chi connectivity index (χ0n) is 21.9. The Morgan fingerprint density at radius 1 is 1.15 bits per heavy atom. The number of nitrogens with zero attached hydrogens (tertiary/aromatic N) is 5. The third-order valence-corrected chi connectivity index (χ3v) is 7.66. The van der Waals surface area contributed by atoms with Crippen molar-refractivity contribution in [3.8, 4) is 11.3 Å². The van der Waals surface area contributed by atoms with Crippen LogP contribution in [0.5, 0.6) is 0 Å². The van der Waals surface area contributed by atoms with Gasteiger partial charge in [-0.15, -0.1) is 5.10 Å². The van der Waals surface area contributed by atoms with Gasteiger partial charge >= 0.3 is 0 Å². The van der Waals surface area contributed by atoms with Crippen molar-refractivity contribution in [1.82, 2.24) is 25.1 Å². The van der Waals surface area contributed by atoms with Crippen molar-refractivity contribution < 1.29 is 42.2 Å². The standard InChI is InChI=1S/C26H30F3N5O6/c1-13(36)33-5-3-14(4-6-33)20-9-16(31-40-20)10-21-26(38-2)24(25(37)22(12-35)39-21)34-11-19(30-32-34)15-7-17(27)23(29)18(28)8-15/h7-9,11,14,21-22,24-26,35,37H,3-6,10,12H2,1-2H3/t21-,22-,24+,25+,26+/m1/s1. The Morgan fingerprint density at radius 2 is 1.85 bits per heavy atom. The Kier molecular flexibility index (Phi) is 8.21. The maximum atomic E-state index is 13.8. The minimum absolute atomic E-state index is 0.0420. The number of piperidine rings is 1. The Labute approximate surface area is 227 Å². The van der Waals surface area contributed by atoms with Crippen LogP contribution in [0.15, 0.2) is 28.9 Å². The molecule has 2 aliphatic heterocycles. The van der Waals surface area contributed by atoms with Gasteiger partial charge in [-0.25, -0.2) is 17.9 Å². The van der Waals surface area contributed by atoms with E-state index in [0.717, 1.165) is 25.0 Å². The number of carbonyl (C=O) groups excluding carboxylic acids is 1. The van der Waals surface area contributed by atoms with Gasteiger partial charge in [0.05, 0.1) is 24.6 Å². The highest BCUT2D eigenvalue weighted by Crippen LogP contribution is 2.35. The SMILES string of the molecule is CO[C@@H]1[C@@H](n2cc(-c3cc(F)c(F)c(F)c3)nn2)[C@@H](O)[C@@H](CO)O[C@@H]1Cc1cc(C2CCN(C(C)=O)CC2)on1. The quantitative estimate of drug-likeness (QED) is 0.412. The summed E-state index contributed by atoms with van der Waals surface area (Å²) >= 11 is 0. The van der Waals surface area contributed by atoms with Crippen molar-refractivity contribution >= 4 is 5.91 Å². The molecule has 2 saturated heterocycles. The van der Waals surface area contributed by atoms with E-state index in [9.17, 15) is 28.2 Å². The molecule has 2 aliphatic rings. The summed E-state index contributed by atoms with van der Waals surface area (Å²) in [6.45, 7) is 2.33. The number of methoxy groups -OCH3 is 1. The van der Waals surface area contributed by atoms with Gasteiger partial charge in [-0.05, 0) is 25.0 Å². The van der Waals surface area contributed by atoms with Crippen LogP contribution >= 0.6 is 0 Å². The summed E-state index contributed by atoms with van der Waals surface area (Å²) in [4.78, 5) is 13.4. The average molecular weight is 566 g/mol. The summed E-state index contributed by atoms with van der Waals surface area (Å²) in [6, 6.07) is 2.53. The molecule has 0 unspecified atom stereocenters. The van der Waals surface area contributed by atoms with E-state index in [2.05, 4.69) is 15.5 Å². The van der Waals surface area contributed by atoms with Crippen LogP contribution < -0.4 is 0 Å². The first kappa shape index (κ1) is 28.2. The van der Waals surface area contributed by atoms with E-state index in [4.69, 9.17) is 14.0 Å². The lowest BCUT2D eigenvalue weighted by Crippen LogP contribution is -2.57. The fourth-order valence-corrected chi connectivity index (χ4v) is 5.49. The van der Waals surface area contributed by atoms with E-state index in [0.29, 0.717) is 24.5 Å². The van der Waals surface area contributed by atoms with Crippen LogP contribution in [0.4, 0.5) is 13.2 Å². The lowest BCUT2D eigenvalue weighted by Gasteiger charge is -2.43. The molecule has 0 radical (unpaired) electrons. The van der Waals surface area contributed by atoms with Crippen LogP contribution in [-0.4, -0.2) is 92.4 Å². The number of carbonyl (C=O) groups is 1. The number of aromatic nitrogens is 4. The van der Waals surface area contributed by atoms with E-state index >= 15 is 0 Å². The van der Waals surface area contributed by atoms with E-state index in [-0.39, 0.29) is 29.5 Å². The molecule has 1 amide bonds. The first-order chi connectivity index (χ1) is 19.2. The molecule has 0 bridgehead atoms. The molecule has 2 N–H and O–H groups in total. The molecular formula is C26H30F3N5O6. The van der Waals surface area contributed by atoms with Gasteiger partial charge in [-0.3, -0.25) is 4.79 Å². The highest BCUT2D eigenvalue weighted by Gasteiger charge is 2.47. The number of likely N-dealkylation sites (tertiary alicyclic amines) is 1. The van der Waals surface area contributed by atoms with Crippen molar-refractivity contribution in [2.24, 2.45) is 0 Å². The van der Waals surface area contributed by atoms with Gasteiger partial charge in [0.15, 0.2) is 17.5 Å². The number of hydrogen-bond acceptors (Lipinski definition) is 9. The number of benzene rings is 1. The monoisotopic (exact) mass is 565 g/mol. The predicted molar refractivity (Wildman–Crippen MR) is 131 cm³/mol. The lowest BCUT2D eigenvalue weighted by molar-refractivity contribution is -0.212. The van der Waals surface area contributed by atoms with Crippen LogP contribution in [0.1, 0.15) is 43.2 Å². The zero-order valence-corrected chi connectivity index (χ0v) is 21.9. The molecule has 4 heterocycles. The van der Waals surface area contributed by atoms with Gasteiger partial charge in [0, 0.05) is 51.1 Å². The number of halogens is 3. The zero-order chi connectivity index (χ0) is 28.6. The normalized spacial score (nSPS) is 25.9. The number of aliphatic hydroxyl groups is 2. The molecule has 3 aromatic rings. The second-order valence-electron chi connectivity index (χ2n) is 10.1. The molecule has 5 rings (SSSR count). The number of rotatable bonds is 7. The summed E-state index contributed by atoms with van der Waals surface area (Å²) in [5, 5.41) is 33.1. The van der Waals surface area contributed by atoms with Crippen molar-refractivity contribution in [3.63, 3.8) is 0 Å². The van der Waals surface area contributed by atoms with Crippen LogP contribution in [0, 0.1) is 17.5 Å². The van der Waals surface area contributed by atoms with Gasteiger partial charge in [0.1, 0.15) is 35.8 Å². The van der Waals surface area contributed by atoms with E-state index in [1.165, 1.54) is 18.0 Å². The van der Waals surface area contributed by atoms with Crippen molar-refractivity contribution in [2.45, 2.75) is 62.6 Å². The first-order valence-corrected chi connectivity index (χ1v) is 12.9. The summed E-state index contributed by atoms with van der Waals surface area (Å²) in [7, 11) is 1.43. The number of ether oxygens (including phenoxy) is 2. The van der Waals surface area contributed by atoms with Gasteiger partial charge < -0.3 is 29.1 Å². The van der Waals surface area contributed by atoms with Gasteiger partial charge in [0.2, 0.25) is 5.91 Å². The lowest BCUT2D eigenvalue weighted by atomic mass is 9.89. The van der Waals surface area contributed by atoms with Crippen molar-refractivity contribution in [3.05, 3.63) is 53.3 Å². The van der Waals surface area contributed by atoms with Crippen LogP contribution in [0.2, 0.25) is 0 Å². The average Bonchev–Trinajstić information content (AvgIpc) is 3.62. The summed E-state index contributed by atoms with van der Waals surface area (Å²) < 4.78 is 59.6. The fourth-order valence-electron chi connectivity index (χ4n) is 5.49.